The van der Waals surface area contributed by atoms with Crippen molar-refractivity contribution in [2.24, 2.45) is 5.73 Å². The van der Waals surface area contributed by atoms with Crippen molar-refractivity contribution in [2.75, 3.05) is 26.2 Å². The smallest absolute Gasteiger partial charge is 0.129 e. The lowest BCUT2D eigenvalue weighted by molar-refractivity contribution is 0.0694. The Morgan fingerprint density at radius 2 is 2.10 bits per heavy atom. The molecule has 1 aromatic rings. The van der Waals surface area contributed by atoms with E-state index in [1.807, 2.05) is 24.3 Å². The summed E-state index contributed by atoms with van der Waals surface area (Å²) in [5.41, 5.74) is 6.37. The summed E-state index contributed by atoms with van der Waals surface area (Å²) in [7, 11) is 0. The van der Waals surface area contributed by atoms with Crippen LogP contribution in [0.1, 0.15) is 32.3 Å². The minimum atomic E-state index is -0.527. The second-order valence-corrected chi connectivity index (χ2v) is 5.51. The molecule has 0 fully saturated rings. The van der Waals surface area contributed by atoms with Crippen LogP contribution in [0, 0.1) is 0 Å². The fourth-order valence-electron chi connectivity index (χ4n) is 2.09. The first-order valence-electron chi connectivity index (χ1n) is 7.50. The van der Waals surface area contributed by atoms with Gasteiger partial charge in [0, 0.05) is 6.54 Å². The maximum Gasteiger partial charge on any atom is 0.129 e. The van der Waals surface area contributed by atoms with Crippen LogP contribution in [0.25, 0.3) is 0 Å². The number of para-hydroxylation sites is 1. The van der Waals surface area contributed by atoms with Gasteiger partial charge in [-0.05, 0) is 31.6 Å². The van der Waals surface area contributed by atoms with Crippen molar-refractivity contribution in [1.82, 2.24) is 4.90 Å². The Morgan fingerprint density at radius 1 is 1.38 bits per heavy atom. The second-order valence-electron chi connectivity index (χ2n) is 5.07. The lowest BCUT2D eigenvalue weighted by atomic mass is 10.2. The molecule has 0 saturated carbocycles. The van der Waals surface area contributed by atoms with Gasteiger partial charge in [0.2, 0.25) is 0 Å². The summed E-state index contributed by atoms with van der Waals surface area (Å²) in [6, 6.07) is 7.37. The van der Waals surface area contributed by atoms with Crippen LogP contribution in [-0.4, -0.2) is 47.3 Å². The van der Waals surface area contributed by atoms with E-state index in [-0.39, 0.29) is 6.61 Å². The Balaban J connectivity index is 2.49. The van der Waals surface area contributed by atoms with Crippen LogP contribution in [0.5, 0.6) is 5.75 Å². The number of thiocarbonyl (C=S) groups is 1. The van der Waals surface area contributed by atoms with Gasteiger partial charge in [0.05, 0.1) is 5.56 Å². The molecule has 0 aliphatic heterocycles. The molecule has 5 heteroatoms. The van der Waals surface area contributed by atoms with Gasteiger partial charge in [-0.3, -0.25) is 0 Å². The zero-order chi connectivity index (χ0) is 15.7. The molecule has 0 aliphatic carbocycles. The standard InChI is InChI=1S/C16H26N2O2S/c1-3-5-10-18(4-2)11-13(19)12-20-15-9-7-6-8-14(15)16(17)21/h6-9,13,19H,3-5,10-12H2,1-2H3,(H2,17,21). The lowest BCUT2D eigenvalue weighted by Crippen LogP contribution is -2.36. The van der Waals surface area contributed by atoms with E-state index in [0.29, 0.717) is 22.8 Å². The molecular weight excluding hydrogens is 284 g/mol. The number of benzene rings is 1. The molecule has 3 N–H and O–H groups in total. The van der Waals surface area contributed by atoms with Gasteiger partial charge in [-0.2, -0.15) is 0 Å². The Bertz CT molecular complexity index is 440. The molecule has 1 unspecified atom stereocenters. The van der Waals surface area contributed by atoms with Crippen molar-refractivity contribution in [3.63, 3.8) is 0 Å². The fraction of sp³-hybridized carbons (Fsp3) is 0.562. The van der Waals surface area contributed by atoms with Crippen LogP contribution in [0.2, 0.25) is 0 Å². The highest BCUT2D eigenvalue weighted by Gasteiger charge is 2.12. The molecule has 0 heterocycles. The van der Waals surface area contributed by atoms with E-state index in [1.54, 1.807) is 0 Å². The summed E-state index contributed by atoms with van der Waals surface area (Å²) in [5, 5.41) is 10.1. The van der Waals surface area contributed by atoms with E-state index >= 15 is 0 Å². The molecule has 0 spiro atoms. The number of likely N-dealkylation sites (N-methyl/N-ethyl adjacent to an activating group) is 1. The first-order chi connectivity index (χ1) is 10.1. The Labute approximate surface area is 132 Å². The number of aliphatic hydroxyl groups excluding tert-OH is 1. The third-order valence-electron chi connectivity index (χ3n) is 3.33. The van der Waals surface area contributed by atoms with Crippen molar-refractivity contribution in [3.8, 4) is 5.75 Å². The van der Waals surface area contributed by atoms with Gasteiger partial charge in [0.25, 0.3) is 0 Å². The number of rotatable bonds is 10. The molecule has 1 atom stereocenters. The number of nitrogens with two attached hydrogens (primary N) is 1. The quantitative estimate of drug-likeness (QED) is 0.649. The first kappa shape index (κ1) is 17.9. The minimum absolute atomic E-state index is 0.238. The molecule has 0 saturated heterocycles. The molecule has 0 amide bonds. The summed E-state index contributed by atoms with van der Waals surface area (Å²) in [5.74, 6) is 0.626. The van der Waals surface area contributed by atoms with Gasteiger partial charge < -0.3 is 20.5 Å². The number of nitrogens with zero attached hydrogens (tertiary/aromatic N) is 1. The van der Waals surface area contributed by atoms with Gasteiger partial charge in [-0.15, -0.1) is 0 Å². The predicted molar refractivity (Wildman–Crippen MR) is 90.9 cm³/mol. The zero-order valence-corrected chi connectivity index (χ0v) is 13.7. The molecule has 21 heavy (non-hydrogen) atoms. The van der Waals surface area contributed by atoms with E-state index in [0.717, 1.165) is 25.9 Å². The molecule has 4 nitrogen and oxygen atoms in total. The fourth-order valence-corrected chi connectivity index (χ4v) is 2.26. The van der Waals surface area contributed by atoms with Crippen LogP contribution >= 0.6 is 12.2 Å². The number of unbranched alkanes of at least 4 members (excludes halogenated alkanes) is 1. The van der Waals surface area contributed by atoms with Crippen LogP contribution in [0.15, 0.2) is 24.3 Å². The Morgan fingerprint density at radius 3 is 2.71 bits per heavy atom. The van der Waals surface area contributed by atoms with Gasteiger partial charge in [-0.25, -0.2) is 0 Å². The first-order valence-corrected chi connectivity index (χ1v) is 7.91. The van der Waals surface area contributed by atoms with Crippen LogP contribution < -0.4 is 10.5 Å². The molecule has 0 aliphatic rings. The summed E-state index contributed by atoms with van der Waals surface area (Å²) >= 11 is 4.99. The maximum atomic E-state index is 10.1. The molecule has 1 rings (SSSR count). The summed E-state index contributed by atoms with van der Waals surface area (Å²) in [6.07, 6.45) is 1.78. The topological polar surface area (TPSA) is 58.7 Å². The summed E-state index contributed by atoms with van der Waals surface area (Å²) < 4.78 is 5.67. The molecule has 1 aromatic carbocycles. The predicted octanol–water partition coefficient (Wildman–Crippen LogP) is 2.18. The third-order valence-corrected chi connectivity index (χ3v) is 3.55. The third kappa shape index (κ3) is 6.42. The molecule has 0 radical (unpaired) electrons. The molecule has 118 valence electrons. The van der Waals surface area contributed by atoms with Crippen molar-refractivity contribution in [2.45, 2.75) is 32.8 Å². The molecule has 0 aromatic heterocycles. The van der Waals surface area contributed by atoms with Crippen LogP contribution in [0.4, 0.5) is 0 Å². The van der Waals surface area contributed by atoms with Crippen molar-refractivity contribution in [3.05, 3.63) is 29.8 Å². The van der Waals surface area contributed by atoms with E-state index < -0.39 is 6.10 Å². The highest BCUT2D eigenvalue weighted by Crippen LogP contribution is 2.17. The highest BCUT2D eigenvalue weighted by molar-refractivity contribution is 7.80. The Kier molecular flexibility index (Phi) is 8.27. The van der Waals surface area contributed by atoms with E-state index in [9.17, 15) is 5.11 Å². The SMILES string of the molecule is CCCCN(CC)CC(O)COc1ccccc1C(N)=S. The van der Waals surface area contributed by atoms with Crippen molar-refractivity contribution in [1.29, 1.82) is 0 Å². The number of hydrogen-bond acceptors (Lipinski definition) is 4. The van der Waals surface area contributed by atoms with Crippen LogP contribution in [-0.2, 0) is 0 Å². The normalized spacial score (nSPS) is 12.4. The minimum Gasteiger partial charge on any atom is -0.490 e. The van der Waals surface area contributed by atoms with Crippen molar-refractivity contribution >= 4 is 17.2 Å². The number of hydrogen-bond donors (Lipinski definition) is 2. The van der Waals surface area contributed by atoms with Gasteiger partial charge in [-0.1, -0.05) is 44.6 Å². The van der Waals surface area contributed by atoms with E-state index in [1.165, 1.54) is 0 Å². The molecule has 0 bridgehead atoms. The Hall–Kier alpha value is -1.17. The highest BCUT2D eigenvalue weighted by atomic mass is 32.1. The summed E-state index contributed by atoms with van der Waals surface area (Å²) in [6.45, 7) is 7.06. The molecular formula is C16H26N2O2S. The van der Waals surface area contributed by atoms with E-state index in [2.05, 4.69) is 18.7 Å². The number of ether oxygens (including phenoxy) is 1. The zero-order valence-electron chi connectivity index (χ0n) is 12.9. The maximum absolute atomic E-state index is 10.1. The van der Waals surface area contributed by atoms with Gasteiger partial charge in [0.15, 0.2) is 0 Å². The second kappa shape index (κ2) is 9.71. The summed E-state index contributed by atoms with van der Waals surface area (Å²) in [4.78, 5) is 2.54. The van der Waals surface area contributed by atoms with Gasteiger partial charge in [0.1, 0.15) is 23.4 Å². The largest absolute Gasteiger partial charge is 0.490 e. The van der Waals surface area contributed by atoms with E-state index in [4.69, 9.17) is 22.7 Å². The average Bonchev–Trinajstić information content (AvgIpc) is 2.49. The number of aliphatic hydroxyl groups is 1. The average molecular weight is 310 g/mol. The van der Waals surface area contributed by atoms with Gasteiger partial charge >= 0.3 is 0 Å². The van der Waals surface area contributed by atoms with Crippen molar-refractivity contribution < 1.29 is 9.84 Å². The van der Waals surface area contributed by atoms with Crippen LogP contribution in [0.3, 0.4) is 0 Å². The monoisotopic (exact) mass is 310 g/mol. The lowest BCUT2D eigenvalue weighted by Gasteiger charge is -2.23.